The van der Waals surface area contributed by atoms with E-state index in [0.29, 0.717) is 17.0 Å². The molecule has 0 saturated carbocycles. The highest BCUT2D eigenvalue weighted by atomic mass is 35.5. The van der Waals surface area contributed by atoms with Crippen molar-refractivity contribution in [2.75, 3.05) is 7.11 Å². The van der Waals surface area contributed by atoms with Gasteiger partial charge in [0.25, 0.3) is 0 Å². The highest BCUT2D eigenvalue weighted by molar-refractivity contribution is 6.31. The van der Waals surface area contributed by atoms with Gasteiger partial charge in [0.15, 0.2) is 0 Å². The van der Waals surface area contributed by atoms with E-state index in [1.807, 2.05) is 24.4 Å². The van der Waals surface area contributed by atoms with E-state index < -0.39 is 0 Å². The lowest BCUT2D eigenvalue weighted by Crippen LogP contribution is -2.06. The van der Waals surface area contributed by atoms with Crippen LogP contribution in [0.15, 0.2) is 73.2 Å². The molecule has 0 radical (unpaired) electrons. The Kier molecular flexibility index (Phi) is 4.65. The molecule has 4 aromatic rings. The lowest BCUT2D eigenvalue weighted by Gasteiger charge is -2.10. The molecule has 0 N–H and O–H groups in total. The van der Waals surface area contributed by atoms with Crippen molar-refractivity contribution in [2.24, 2.45) is 0 Å². The molecular weight excluding hydrogens is 360 g/mol. The number of hydrogen-bond acceptors (Lipinski definition) is 3. The van der Waals surface area contributed by atoms with Crippen LogP contribution in [0.5, 0.6) is 0 Å². The lowest BCUT2D eigenvalue weighted by molar-refractivity contribution is 0.0599. The lowest BCUT2D eigenvalue weighted by atomic mass is 9.99. The van der Waals surface area contributed by atoms with Crippen molar-refractivity contribution < 1.29 is 9.53 Å². The predicted molar refractivity (Wildman–Crippen MR) is 107 cm³/mol. The van der Waals surface area contributed by atoms with Gasteiger partial charge in [-0.2, -0.15) is 0 Å². The Balaban J connectivity index is 1.70. The van der Waals surface area contributed by atoms with Gasteiger partial charge in [0.05, 0.1) is 18.2 Å². The van der Waals surface area contributed by atoms with Crippen LogP contribution in [0.3, 0.4) is 0 Å². The van der Waals surface area contributed by atoms with Crippen LogP contribution in [-0.2, 0) is 11.2 Å². The van der Waals surface area contributed by atoms with E-state index in [2.05, 4.69) is 33.8 Å². The Labute approximate surface area is 162 Å². The second kappa shape index (κ2) is 7.25. The number of fused-ring (bicyclic) bond motifs is 1. The quantitative estimate of drug-likeness (QED) is 0.468. The normalized spacial score (nSPS) is 10.9. The number of aromatic nitrogens is 2. The minimum absolute atomic E-state index is 0.377. The molecule has 0 aliphatic heterocycles. The first-order valence-electron chi connectivity index (χ1n) is 8.53. The highest BCUT2D eigenvalue weighted by Gasteiger charge is 2.13. The zero-order valence-electron chi connectivity index (χ0n) is 14.7. The third-order valence-corrected chi connectivity index (χ3v) is 4.80. The maximum absolute atomic E-state index is 12.1. The minimum Gasteiger partial charge on any atom is -0.465 e. The molecule has 0 aliphatic rings. The van der Waals surface area contributed by atoms with Crippen LogP contribution in [0.2, 0.25) is 5.02 Å². The fourth-order valence-corrected chi connectivity index (χ4v) is 3.43. The van der Waals surface area contributed by atoms with E-state index in [4.69, 9.17) is 16.3 Å². The van der Waals surface area contributed by atoms with Gasteiger partial charge in [0.2, 0.25) is 0 Å². The fourth-order valence-electron chi connectivity index (χ4n) is 3.25. The van der Waals surface area contributed by atoms with E-state index in [1.165, 1.54) is 7.11 Å². The molecule has 2 aromatic heterocycles. The summed E-state index contributed by atoms with van der Waals surface area (Å²) in [5.41, 5.74) is 4.69. The number of methoxy groups -OCH3 is 1. The van der Waals surface area contributed by atoms with Gasteiger partial charge in [-0.3, -0.25) is 4.98 Å². The number of ether oxygens (including phenoxy) is 1. The van der Waals surface area contributed by atoms with E-state index in [0.717, 1.165) is 27.7 Å². The topological polar surface area (TPSA) is 44.1 Å². The molecule has 0 atom stereocenters. The molecule has 2 heterocycles. The number of carbonyl (C=O) groups excluding carboxylic acids is 1. The van der Waals surface area contributed by atoms with Crippen LogP contribution < -0.4 is 0 Å². The van der Waals surface area contributed by atoms with Crippen LogP contribution in [0, 0.1) is 0 Å². The average Bonchev–Trinajstić information content (AvgIpc) is 3.12. The molecule has 4 nitrogen and oxygen atoms in total. The molecule has 0 unspecified atom stereocenters. The summed E-state index contributed by atoms with van der Waals surface area (Å²) in [5, 5.41) is 1.65. The molecule has 0 saturated heterocycles. The molecule has 134 valence electrons. The number of benzene rings is 2. The van der Waals surface area contributed by atoms with Crippen molar-refractivity contribution >= 4 is 28.5 Å². The van der Waals surface area contributed by atoms with Crippen molar-refractivity contribution in [1.29, 1.82) is 0 Å². The number of rotatable bonds is 4. The summed E-state index contributed by atoms with van der Waals surface area (Å²) in [7, 11) is 1.38. The minimum atomic E-state index is -0.377. The summed E-state index contributed by atoms with van der Waals surface area (Å²) < 4.78 is 7.01. The molecule has 0 spiro atoms. The zero-order chi connectivity index (χ0) is 18.8. The first-order chi connectivity index (χ1) is 13.2. The van der Waals surface area contributed by atoms with Crippen LogP contribution in [-0.4, -0.2) is 22.6 Å². The van der Waals surface area contributed by atoms with Crippen molar-refractivity contribution in [3.05, 3.63) is 94.9 Å². The fraction of sp³-hybridized carbons (Fsp3) is 0.0909. The molecule has 0 bridgehead atoms. The summed E-state index contributed by atoms with van der Waals surface area (Å²) in [6.45, 7) is 0. The largest absolute Gasteiger partial charge is 0.465 e. The second-order valence-corrected chi connectivity index (χ2v) is 6.69. The molecule has 0 aliphatic carbocycles. The number of halogens is 1. The van der Waals surface area contributed by atoms with Crippen LogP contribution in [0.4, 0.5) is 0 Å². The highest BCUT2D eigenvalue weighted by Crippen LogP contribution is 2.25. The first kappa shape index (κ1) is 17.3. The maximum Gasteiger partial charge on any atom is 0.338 e. The number of pyridine rings is 1. The number of nitrogens with zero attached hydrogens (tertiary/aromatic N) is 2. The Bertz CT molecular complexity index is 1120. The molecule has 0 fully saturated rings. The SMILES string of the molecule is COC(=O)c1cc(Cl)ccc1Cc1ccc2c(ccn2-c2ccncc2)c1. The Morgan fingerprint density at radius 2 is 1.89 bits per heavy atom. The van der Waals surface area contributed by atoms with E-state index in [9.17, 15) is 4.79 Å². The molecule has 5 heteroatoms. The van der Waals surface area contributed by atoms with Crippen LogP contribution >= 0.6 is 11.6 Å². The van der Waals surface area contributed by atoms with Crippen LogP contribution in [0.25, 0.3) is 16.6 Å². The Morgan fingerprint density at radius 1 is 1.07 bits per heavy atom. The van der Waals surface area contributed by atoms with Gasteiger partial charge < -0.3 is 9.30 Å². The van der Waals surface area contributed by atoms with Crippen molar-refractivity contribution in [1.82, 2.24) is 9.55 Å². The van der Waals surface area contributed by atoms with E-state index in [1.54, 1.807) is 24.5 Å². The Morgan fingerprint density at radius 3 is 2.67 bits per heavy atom. The van der Waals surface area contributed by atoms with Gasteiger partial charge >= 0.3 is 5.97 Å². The molecule has 0 amide bonds. The van der Waals surface area contributed by atoms with Crippen LogP contribution in [0.1, 0.15) is 21.5 Å². The summed E-state index contributed by atoms with van der Waals surface area (Å²) in [6.07, 6.45) is 6.23. The summed E-state index contributed by atoms with van der Waals surface area (Å²) >= 11 is 6.04. The maximum atomic E-state index is 12.1. The van der Waals surface area contributed by atoms with Gasteiger partial charge in [-0.1, -0.05) is 23.7 Å². The van der Waals surface area contributed by atoms with E-state index in [-0.39, 0.29) is 5.97 Å². The van der Waals surface area contributed by atoms with Gasteiger partial charge in [0, 0.05) is 34.7 Å². The second-order valence-electron chi connectivity index (χ2n) is 6.25. The predicted octanol–water partition coefficient (Wildman–Crippen LogP) is 5.06. The monoisotopic (exact) mass is 376 g/mol. The Hall–Kier alpha value is -3.11. The van der Waals surface area contributed by atoms with E-state index >= 15 is 0 Å². The average molecular weight is 377 g/mol. The summed E-state index contributed by atoms with van der Waals surface area (Å²) in [5.74, 6) is -0.377. The number of carbonyl (C=O) groups is 1. The zero-order valence-corrected chi connectivity index (χ0v) is 15.5. The van der Waals surface area contributed by atoms with Crippen molar-refractivity contribution in [3.8, 4) is 5.69 Å². The van der Waals surface area contributed by atoms with Gasteiger partial charge in [-0.15, -0.1) is 0 Å². The number of esters is 1. The third kappa shape index (κ3) is 3.44. The van der Waals surface area contributed by atoms with Gasteiger partial charge in [-0.05, 0) is 60.0 Å². The smallest absolute Gasteiger partial charge is 0.338 e. The summed E-state index contributed by atoms with van der Waals surface area (Å²) in [4.78, 5) is 16.1. The molecular formula is C22H17ClN2O2. The molecule has 4 rings (SSSR count). The van der Waals surface area contributed by atoms with Gasteiger partial charge in [0.1, 0.15) is 0 Å². The first-order valence-corrected chi connectivity index (χ1v) is 8.90. The summed E-state index contributed by atoms with van der Waals surface area (Å²) in [6, 6.07) is 17.7. The molecule has 27 heavy (non-hydrogen) atoms. The van der Waals surface area contributed by atoms with Crippen molar-refractivity contribution in [3.63, 3.8) is 0 Å². The third-order valence-electron chi connectivity index (χ3n) is 4.57. The van der Waals surface area contributed by atoms with Gasteiger partial charge in [-0.25, -0.2) is 4.79 Å². The molecule has 2 aromatic carbocycles. The standard InChI is InChI=1S/C22H17ClN2O2/c1-27-22(26)20-14-18(23)4-3-16(20)12-15-2-5-21-17(13-15)8-11-25(21)19-6-9-24-10-7-19/h2-11,13-14H,12H2,1H3. The van der Waals surface area contributed by atoms with Crippen molar-refractivity contribution in [2.45, 2.75) is 6.42 Å². The number of hydrogen-bond donors (Lipinski definition) is 0.